The molecule has 1 saturated heterocycles. The summed E-state index contributed by atoms with van der Waals surface area (Å²) in [5, 5.41) is 3.03. The predicted octanol–water partition coefficient (Wildman–Crippen LogP) is 3.37. The monoisotopic (exact) mass is 365 g/mol. The molecule has 2 aromatic rings. The summed E-state index contributed by atoms with van der Waals surface area (Å²) in [5.41, 5.74) is 5.42. The van der Waals surface area contributed by atoms with Crippen molar-refractivity contribution in [3.63, 3.8) is 0 Å². The Morgan fingerprint density at radius 1 is 0.926 bits per heavy atom. The average Bonchev–Trinajstić information content (AvgIpc) is 2.68. The van der Waals surface area contributed by atoms with Crippen LogP contribution in [0.4, 0.5) is 0 Å². The highest BCUT2D eigenvalue weighted by molar-refractivity contribution is 5.95. The van der Waals surface area contributed by atoms with Crippen LogP contribution in [0.25, 0.3) is 0 Å². The molecule has 1 fully saturated rings. The van der Waals surface area contributed by atoms with Crippen LogP contribution in [-0.4, -0.2) is 48.4 Å². The van der Waals surface area contributed by atoms with Gasteiger partial charge >= 0.3 is 0 Å². The van der Waals surface area contributed by atoms with Crippen LogP contribution < -0.4 is 5.32 Å². The highest BCUT2D eigenvalue weighted by Gasteiger charge is 2.15. The zero-order valence-electron chi connectivity index (χ0n) is 16.8. The Balaban J connectivity index is 1.50. The van der Waals surface area contributed by atoms with Gasteiger partial charge in [-0.1, -0.05) is 48.9 Å². The van der Waals surface area contributed by atoms with Gasteiger partial charge in [0.25, 0.3) is 5.91 Å². The highest BCUT2D eigenvalue weighted by atomic mass is 16.1. The van der Waals surface area contributed by atoms with Crippen molar-refractivity contribution in [1.82, 2.24) is 15.1 Å². The number of aryl methyl sites for hydroxylation is 2. The summed E-state index contributed by atoms with van der Waals surface area (Å²) < 4.78 is 0. The van der Waals surface area contributed by atoms with Crippen LogP contribution in [0.2, 0.25) is 0 Å². The molecule has 4 heteroatoms. The van der Waals surface area contributed by atoms with Crippen molar-refractivity contribution in [3.8, 4) is 0 Å². The molecule has 3 rings (SSSR count). The molecule has 1 amide bonds. The Kier molecular flexibility index (Phi) is 6.64. The molecule has 2 aromatic carbocycles. The molecule has 1 aliphatic heterocycles. The van der Waals surface area contributed by atoms with E-state index in [1.165, 1.54) is 24.2 Å². The molecule has 0 unspecified atom stereocenters. The summed E-state index contributed by atoms with van der Waals surface area (Å²) in [5.74, 6) is -0.00892. The Hall–Kier alpha value is -2.17. The van der Waals surface area contributed by atoms with Crippen LogP contribution in [0.5, 0.6) is 0 Å². The van der Waals surface area contributed by atoms with Crippen LogP contribution in [0.1, 0.15) is 39.5 Å². The molecular formula is C23H31N3O. The molecule has 0 atom stereocenters. The van der Waals surface area contributed by atoms with Crippen molar-refractivity contribution in [2.75, 3.05) is 32.7 Å². The highest BCUT2D eigenvalue weighted by Crippen LogP contribution is 2.12. The van der Waals surface area contributed by atoms with Gasteiger partial charge in [-0.15, -0.1) is 0 Å². The van der Waals surface area contributed by atoms with E-state index in [0.29, 0.717) is 6.54 Å². The molecule has 0 saturated carbocycles. The number of hydrogen-bond donors (Lipinski definition) is 1. The van der Waals surface area contributed by atoms with Gasteiger partial charge in [-0.25, -0.2) is 0 Å². The van der Waals surface area contributed by atoms with Gasteiger partial charge < -0.3 is 10.2 Å². The molecule has 1 aliphatic rings. The lowest BCUT2D eigenvalue weighted by Gasteiger charge is -2.34. The number of benzene rings is 2. The Morgan fingerprint density at radius 3 is 2.19 bits per heavy atom. The summed E-state index contributed by atoms with van der Waals surface area (Å²) >= 11 is 0. The lowest BCUT2D eigenvalue weighted by Crippen LogP contribution is -2.45. The van der Waals surface area contributed by atoms with Crippen LogP contribution in [0, 0.1) is 13.8 Å². The Labute approximate surface area is 163 Å². The van der Waals surface area contributed by atoms with E-state index in [2.05, 4.69) is 46.3 Å². The molecule has 1 N–H and O–H groups in total. The van der Waals surface area contributed by atoms with Gasteiger partial charge in [0.2, 0.25) is 0 Å². The van der Waals surface area contributed by atoms with Crippen molar-refractivity contribution in [1.29, 1.82) is 0 Å². The fourth-order valence-electron chi connectivity index (χ4n) is 3.63. The third-order valence-corrected chi connectivity index (χ3v) is 5.42. The molecule has 0 radical (unpaired) electrons. The Morgan fingerprint density at radius 2 is 1.56 bits per heavy atom. The van der Waals surface area contributed by atoms with Crippen LogP contribution in [-0.2, 0) is 13.1 Å². The minimum Gasteiger partial charge on any atom is -0.348 e. The number of likely N-dealkylation sites (N-methyl/N-ethyl adjacent to an activating group) is 1. The van der Waals surface area contributed by atoms with E-state index < -0.39 is 0 Å². The average molecular weight is 366 g/mol. The summed E-state index contributed by atoms with van der Waals surface area (Å²) in [6, 6.07) is 14.6. The number of hydrogen-bond acceptors (Lipinski definition) is 3. The number of piperazine rings is 1. The molecular weight excluding hydrogens is 334 g/mol. The topological polar surface area (TPSA) is 35.6 Å². The second-order valence-corrected chi connectivity index (χ2v) is 7.53. The van der Waals surface area contributed by atoms with Gasteiger partial charge in [-0.2, -0.15) is 0 Å². The molecule has 27 heavy (non-hydrogen) atoms. The first kappa shape index (κ1) is 19.6. The van der Waals surface area contributed by atoms with Crippen LogP contribution in [0.3, 0.4) is 0 Å². The van der Waals surface area contributed by atoms with Gasteiger partial charge in [0.05, 0.1) is 0 Å². The van der Waals surface area contributed by atoms with Crippen molar-refractivity contribution in [2.24, 2.45) is 0 Å². The molecule has 0 aromatic heterocycles. The summed E-state index contributed by atoms with van der Waals surface area (Å²) in [7, 11) is 0. The minimum absolute atomic E-state index is 0.00892. The zero-order chi connectivity index (χ0) is 19.2. The third-order valence-electron chi connectivity index (χ3n) is 5.42. The summed E-state index contributed by atoms with van der Waals surface area (Å²) in [6.07, 6.45) is 0. The SMILES string of the molecule is CCN1CCN(Cc2ccc(CNC(=O)c3ccc(C)cc3C)cc2)CC1. The lowest BCUT2D eigenvalue weighted by molar-refractivity contribution is 0.0950. The zero-order valence-corrected chi connectivity index (χ0v) is 16.8. The number of carbonyl (C=O) groups is 1. The molecule has 0 spiro atoms. The normalized spacial score (nSPS) is 15.7. The van der Waals surface area contributed by atoms with Gasteiger partial charge in [0.15, 0.2) is 0 Å². The maximum Gasteiger partial charge on any atom is 0.251 e. The standard InChI is InChI=1S/C23H31N3O/c1-4-25-11-13-26(14-12-25)17-21-8-6-20(7-9-21)16-24-23(27)22-10-5-18(2)15-19(22)3/h5-10,15H,4,11-14,16-17H2,1-3H3,(H,24,27). The first-order valence-corrected chi connectivity index (χ1v) is 9.93. The van der Waals surface area contributed by atoms with Gasteiger partial charge in [0, 0.05) is 44.8 Å². The number of amides is 1. The number of nitrogens with one attached hydrogen (secondary N) is 1. The molecule has 144 valence electrons. The van der Waals surface area contributed by atoms with E-state index in [4.69, 9.17) is 0 Å². The number of rotatable bonds is 6. The van der Waals surface area contributed by atoms with Gasteiger partial charge in [-0.3, -0.25) is 9.69 Å². The van der Waals surface area contributed by atoms with Gasteiger partial charge in [0.1, 0.15) is 0 Å². The number of nitrogens with zero attached hydrogens (tertiary/aromatic N) is 2. The summed E-state index contributed by atoms with van der Waals surface area (Å²) in [4.78, 5) is 17.4. The third kappa shape index (κ3) is 5.41. The molecule has 4 nitrogen and oxygen atoms in total. The minimum atomic E-state index is -0.00892. The van der Waals surface area contributed by atoms with E-state index in [-0.39, 0.29) is 5.91 Å². The molecule has 1 heterocycles. The maximum absolute atomic E-state index is 12.4. The van der Waals surface area contributed by atoms with Crippen molar-refractivity contribution in [3.05, 3.63) is 70.3 Å². The van der Waals surface area contributed by atoms with Gasteiger partial charge in [-0.05, 0) is 43.1 Å². The molecule has 0 bridgehead atoms. The smallest absolute Gasteiger partial charge is 0.251 e. The van der Waals surface area contributed by atoms with Crippen LogP contribution >= 0.6 is 0 Å². The Bertz CT molecular complexity index is 762. The van der Waals surface area contributed by atoms with E-state index in [1.807, 2.05) is 32.0 Å². The van der Waals surface area contributed by atoms with E-state index in [0.717, 1.165) is 42.9 Å². The van der Waals surface area contributed by atoms with Crippen molar-refractivity contribution >= 4 is 5.91 Å². The second kappa shape index (κ2) is 9.16. The van der Waals surface area contributed by atoms with E-state index >= 15 is 0 Å². The fraction of sp³-hybridized carbons (Fsp3) is 0.435. The maximum atomic E-state index is 12.4. The predicted molar refractivity (Wildman–Crippen MR) is 111 cm³/mol. The molecule has 0 aliphatic carbocycles. The van der Waals surface area contributed by atoms with Crippen molar-refractivity contribution < 1.29 is 4.79 Å². The first-order chi connectivity index (χ1) is 13.0. The van der Waals surface area contributed by atoms with Crippen LogP contribution in [0.15, 0.2) is 42.5 Å². The fourth-order valence-corrected chi connectivity index (χ4v) is 3.63. The summed E-state index contributed by atoms with van der Waals surface area (Å²) in [6.45, 7) is 13.6. The quantitative estimate of drug-likeness (QED) is 0.852. The van der Waals surface area contributed by atoms with Crippen molar-refractivity contribution in [2.45, 2.75) is 33.9 Å². The number of carbonyl (C=O) groups excluding carboxylic acids is 1. The second-order valence-electron chi connectivity index (χ2n) is 7.53. The lowest BCUT2D eigenvalue weighted by atomic mass is 10.0. The van der Waals surface area contributed by atoms with E-state index in [1.54, 1.807) is 0 Å². The van der Waals surface area contributed by atoms with E-state index in [9.17, 15) is 4.79 Å². The largest absolute Gasteiger partial charge is 0.348 e. The first-order valence-electron chi connectivity index (χ1n) is 9.93.